The first-order valence-corrected chi connectivity index (χ1v) is 7.15. The molecule has 25 heavy (non-hydrogen) atoms. The van der Waals surface area contributed by atoms with Gasteiger partial charge in [0.15, 0.2) is 11.6 Å². The molecule has 0 radical (unpaired) electrons. The first kappa shape index (κ1) is 17.9. The zero-order valence-corrected chi connectivity index (χ0v) is 13.4. The molecule has 0 aliphatic carbocycles. The van der Waals surface area contributed by atoms with Gasteiger partial charge in [0.05, 0.1) is 11.1 Å². The largest absolute Gasteiger partial charge is 0.478 e. The second-order valence-electron chi connectivity index (χ2n) is 5.24. The Bertz CT molecular complexity index is 823. The number of carboxylic acids is 2. The highest BCUT2D eigenvalue weighted by Crippen LogP contribution is 2.27. The maximum Gasteiger partial charge on any atom is 0.336 e. The summed E-state index contributed by atoms with van der Waals surface area (Å²) < 4.78 is 5.51. The third-order valence-corrected chi connectivity index (χ3v) is 3.44. The molecule has 0 saturated carbocycles. The topological polar surface area (TPSA) is 118 Å². The van der Waals surface area contributed by atoms with Gasteiger partial charge >= 0.3 is 11.9 Å². The molecule has 2 aromatic rings. The molecule has 2 aromatic carbocycles. The lowest BCUT2D eigenvalue weighted by Gasteiger charge is -2.10. The number of carbonyl (C=O) groups excluding carboxylic acids is 2. The van der Waals surface area contributed by atoms with Crippen LogP contribution in [0.4, 0.5) is 0 Å². The molecule has 0 aliphatic heterocycles. The Morgan fingerprint density at radius 1 is 0.680 bits per heavy atom. The van der Waals surface area contributed by atoms with E-state index in [4.69, 9.17) is 9.84 Å². The van der Waals surface area contributed by atoms with E-state index < -0.39 is 23.5 Å². The van der Waals surface area contributed by atoms with Crippen LogP contribution in [0.25, 0.3) is 0 Å². The number of ether oxygens (including phenoxy) is 1. The van der Waals surface area contributed by atoms with Gasteiger partial charge in [0, 0.05) is 11.1 Å². The minimum Gasteiger partial charge on any atom is -0.478 e. The summed E-state index contributed by atoms with van der Waals surface area (Å²) in [5.74, 6) is -3.05. The van der Waals surface area contributed by atoms with E-state index in [2.05, 4.69) is 0 Å². The van der Waals surface area contributed by atoms with Crippen LogP contribution in [0.3, 0.4) is 0 Å². The summed E-state index contributed by atoms with van der Waals surface area (Å²) in [6, 6.07) is 7.80. The number of carboxylic acid groups (broad SMARTS) is 2. The lowest BCUT2D eigenvalue weighted by atomic mass is 10.0. The van der Waals surface area contributed by atoms with E-state index in [-0.39, 0.29) is 33.8 Å². The Hall–Kier alpha value is -3.48. The lowest BCUT2D eigenvalue weighted by Crippen LogP contribution is -2.07. The van der Waals surface area contributed by atoms with Crippen molar-refractivity contribution in [3.63, 3.8) is 0 Å². The van der Waals surface area contributed by atoms with Crippen molar-refractivity contribution in [1.82, 2.24) is 0 Å². The first-order valence-electron chi connectivity index (χ1n) is 7.15. The molecule has 0 aliphatic rings. The predicted octanol–water partition coefficient (Wildman–Crippen LogP) is 3.28. The average molecular weight is 342 g/mol. The van der Waals surface area contributed by atoms with Crippen molar-refractivity contribution < 1.29 is 34.1 Å². The maximum atomic E-state index is 11.6. The third-order valence-electron chi connectivity index (χ3n) is 3.44. The molecule has 0 bridgehead atoms. The molecule has 0 amide bonds. The van der Waals surface area contributed by atoms with E-state index in [1.807, 2.05) is 0 Å². The Kier molecular flexibility index (Phi) is 4.97. The van der Waals surface area contributed by atoms with Crippen LogP contribution in [0.15, 0.2) is 36.4 Å². The van der Waals surface area contributed by atoms with Gasteiger partial charge in [0.1, 0.15) is 11.5 Å². The first-order chi connectivity index (χ1) is 11.7. The number of hydrogen-bond donors (Lipinski definition) is 2. The molecule has 0 spiro atoms. The number of Topliss-reactive ketones (excluding diaryl/α,β-unsaturated/α-hetero) is 2. The highest BCUT2D eigenvalue weighted by molar-refractivity contribution is 6.05. The van der Waals surface area contributed by atoms with Gasteiger partial charge in [-0.2, -0.15) is 0 Å². The Morgan fingerprint density at radius 2 is 1.12 bits per heavy atom. The molecule has 0 fully saturated rings. The standard InChI is InChI=1S/C18H14O7/c1-9(19)13-5-3-12(8-16(13)18(23)24)25-11-4-6-14(17(21)22)15(7-11)10(2)20/h3-8H,1-2H3,(H,21,22)(H,23,24). The van der Waals surface area contributed by atoms with Gasteiger partial charge in [0.2, 0.25) is 0 Å². The summed E-state index contributed by atoms with van der Waals surface area (Å²) in [5, 5.41) is 18.3. The molecule has 0 aromatic heterocycles. The molecule has 0 heterocycles. The molecule has 7 heteroatoms. The molecule has 2 N–H and O–H groups in total. The van der Waals surface area contributed by atoms with E-state index in [1.165, 1.54) is 50.2 Å². The summed E-state index contributed by atoms with van der Waals surface area (Å²) in [5.41, 5.74) is -0.341. The van der Waals surface area contributed by atoms with Crippen LogP contribution in [-0.4, -0.2) is 33.7 Å². The smallest absolute Gasteiger partial charge is 0.336 e. The molecule has 2 rings (SSSR count). The molecule has 0 atom stereocenters. The number of ketones is 2. The van der Waals surface area contributed by atoms with Crippen molar-refractivity contribution >= 4 is 23.5 Å². The Balaban J connectivity index is 2.43. The zero-order chi connectivity index (χ0) is 18.7. The van der Waals surface area contributed by atoms with E-state index in [1.54, 1.807) is 0 Å². The van der Waals surface area contributed by atoms with Crippen molar-refractivity contribution in [3.8, 4) is 11.5 Å². The normalized spacial score (nSPS) is 10.2. The van der Waals surface area contributed by atoms with Crippen LogP contribution >= 0.6 is 0 Å². The number of aromatic carboxylic acids is 2. The van der Waals surface area contributed by atoms with Crippen molar-refractivity contribution in [3.05, 3.63) is 58.7 Å². The summed E-state index contributed by atoms with van der Waals surface area (Å²) in [4.78, 5) is 45.5. The molecular weight excluding hydrogens is 328 g/mol. The Morgan fingerprint density at radius 3 is 1.56 bits per heavy atom. The lowest BCUT2D eigenvalue weighted by molar-refractivity contribution is 0.0683. The molecule has 128 valence electrons. The third kappa shape index (κ3) is 3.89. The minimum atomic E-state index is -1.28. The molecule has 0 saturated heterocycles. The number of benzene rings is 2. The van der Waals surface area contributed by atoms with Crippen molar-refractivity contribution in [2.75, 3.05) is 0 Å². The van der Waals surface area contributed by atoms with Crippen LogP contribution in [0, 0.1) is 0 Å². The summed E-state index contributed by atoms with van der Waals surface area (Å²) >= 11 is 0. The van der Waals surface area contributed by atoms with Gasteiger partial charge in [0.25, 0.3) is 0 Å². The van der Waals surface area contributed by atoms with Crippen LogP contribution in [0.5, 0.6) is 11.5 Å². The fraction of sp³-hybridized carbons (Fsp3) is 0.111. The zero-order valence-electron chi connectivity index (χ0n) is 13.4. The van der Waals surface area contributed by atoms with Crippen molar-refractivity contribution in [2.45, 2.75) is 13.8 Å². The van der Waals surface area contributed by atoms with Gasteiger partial charge in [-0.05, 0) is 50.2 Å². The average Bonchev–Trinajstić information content (AvgIpc) is 2.54. The van der Waals surface area contributed by atoms with Gasteiger partial charge in [-0.3, -0.25) is 9.59 Å². The summed E-state index contributed by atoms with van der Waals surface area (Å²) in [6.07, 6.45) is 0. The summed E-state index contributed by atoms with van der Waals surface area (Å²) in [6.45, 7) is 2.49. The minimum absolute atomic E-state index is 0.0242. The second kappa shape index (κ2) is 6.96. The van der Waals surface area contributed by atoms with E-state index in [0.717, 1.165) is 0 Å². The number of hydrogen-bond acceptors (Lipinski definition) is 5. The summed E-state index contributed by atoms with van der Waals surface area (Å²) in [7, 11) is 0. The molecule has 7 nitrogen and oxygen atoms in total. The van der Waals surface area contributed by atoms with E-state index in [0.29, 0.717) is 0 Å². The van der Waals surface area contributed by atoms with Gasteiger partial charge in [-0.25, -0.2) is 9.59 Å². The predicted molar refractivity (Wildman–Crippen MR) is 86.9 cm³/mol. The second-order valence-corrected chi connectivity index (χ2v) is 5.24. The highest BCUT2D eigenvalue weighted by Gasteiger charge is 2.17. The quantitative estimate of drug-likeness (QED) is 0.773. The van der Waals surface area contributed by atoms with E-state index in [9.17, 15) is 24.3 Å². The van der Waals surface area contributed by atoms with Gasteiger partial charge in [-0.1, -0.05) is 0 Å². The van der Waals surface area contributed by atoms with Crippen molar-refractivity contribution in [1.29, 1.82) is 0 Å². The Labute approximate surface area is 142 Å². The van der Waals surface area contributed by atoms with Gasteiger partial charge < -0.3 is 14.9 Å². The number of rotatable bonds is 6. The highest BCUT2D eigenvalue weighted by atomic mass is 16.5. The fourth-order valence-electron chi connectivity index (χ4n) is 2.27. The van der Waals surface area contributed by atoms with E-state index >= 15 is 0 Å². The van der Waals surface area contributed by atoms with Crippen LogP contribution in [0.2, 0.25) is 0 Å². The maximum absolute atomic E-state index is 11.6. The van der Waals surface area contributed by atoms with Gasteiger partial charge in [-0.15, -0.1) is 0 Å². The number of carbonyl (C=O) groups is 4. The van der Waals surface area contributed by atoms with Crippen LogP contribution in [0.1, 0.15) is 55.3 Å². The van der Waals surface area contributed by atoms with Crippen LogP contribution in [-0.2, 0) is 0 Å². The molecular formula is C18H14O7. The fourth-order valence-corrected chi connectivity index (χ4v) is 2.27. The monoisotopic (exact) mass is 342 g/mol. The van der Waals surface area contributed by atoms with Crippen LogP contribution < -0.4 is 4.74 Å². The molecule has 0 unspecified atom stereocenters. The van der Waals surface area contributed by atoms with Crippen molar-refractivity contribution in [2.24, 2.45) is 0 Å². The SMILES string of the molecule is CC(=O)c1cc(Oc2ccc(C(C)=O)c(C(=O)O)c2)ccc1C(=O)O.